The smallest absolute Gasteiger partial charge is 0.427 e. The first-order valence-electron chi connectivity index (χ1n) is 0.926. The van der Waals surface area contributed by atoms with Gasteiger partial charge in [0, 0.05) is 0 Å². The van der Waals surface area contributed by atoms with Crippen LogP contribution in [0.4, 0.5) is 0 Å². The quantitative estimate of drug-likeness (QED) is 0.286. The van der Waals surface area contributed by atoms with Crippen molar-refractivity contribution in [3.8, 4) is 0 Å². The summed E-state index contributed by atoms with van der Waals surface area (Å²) in [6, 6.07) is 0. The van der Waals surface area contributed by atoms with Crippen molar-refractivity contribution < 1.29 is 79.8 Å². The molecule has 1 radical (unpaired) electrons. The Balaban J connectivity index is -0.0000000720. The van der Waals surface area contributed by atoms with E-state index in [4.69, 9.17) is 20.6 Å². The molecule has 0 heterocycles. The zero-order valence-corrected chi connectivity index (χ0v) is 8.76. The largest absolute Gasteiger partial charge is 2.00 e. The fourth-order valence-corrected chi connectivity index (χ4v) is 0. The molecule has 0 rings (SSSR count). The Hall–Kier alpha value is 1.74. The van der Waals surface area contributed by atoms with Gasteiger partial charge in [0.2, 0.25) is 0 Å². The van der Waals surface area contributed by atoms with Crippen LogP contribution in [-0.4, -0.2) is 0 Å². The average Bonchev–Trinajstić information content (AvgIpc) is 1.25. The van der Waals surface area contributed by atoms with Gasteiger partial charge in [-0.1, -0.05) is 0 Å². The first-order chi connectivity index (χ1) is 3.46. The van der Waals surface area contributed by atoms with Crippen LogP contribution in [-0.2, 0) is 17.1 Å². The van der Waals surface area contributed by atoms with Crippen molar-refractivity contribution in [2.75, 3.05) is 0 Å². The number of hydrogen-bond acceptors (Lipinski definition) is 6. The maximum atomic E-state index is 8.57. The fraction of sp³-hybridized carbons (Fsp3) is 0. The van der Waals surface area contributed by atoms with E-state index < -0.39 is 42.1 Å². The Morgan fingerprint density at radius 2 is 0.556 bits per heavy atom. The van der Waals surface area contributed by atoms with Crippen LogP contribution in [0.5, 0.6) is 0 Å². The molecule has 0 aromatic rings. The van der Waals surface area contributed by atoms with Crippen molar-refractivity contribution in [1.29, 1.82) is 0 Å². The van der Waals surface area contributed by atoms with Crippen LogP contribution in [0.1, 0.15) is 0 Å². The average molecular weight is 413 g/mol. The molecule has 0 aliphatic rings. The molecule has 6 nitrogen and oxygen atoms in total. The van der Waals surface area contributed by atoms with Gasteiger partial charge < -0.3 is 20.6 Å². The van der Waals surface area contributed by atoms with Gasteiger partial charge in [0.05, 0.1) is 0 Å². The Morgan fingerprint density at radius 3 is 0.556 bits per heavy atom. The predicted molar refractivity (Wildman–Crippen MR) is 0 cm³/mol. The molecule has 0 saturated carbocycles. The van der Waals surface area contributed by atoms with Gasteiger partial charge in [-0.15, -0.1) is 0 Å². The van der Waals surface area contributed by atoms with Gasteiger partial charge in [0.25, 0.3) is 42.1 Å². The first-order valence-corrected chi connectivity index (χ1v) is 6.21. The van der Waals surface area contributed by atoms with Crippen LogP contribution in [0.15, 0.2) is 0 Å². The summed E-state index contributed by atoms with van der Waals surface area (Å²) in [7, 11) is 0. The Bertz CT molecular complexity index is 26.5. The second-order valence-electron chi connectivity index (χ2n) is 0.378. The Morgan fingerprint density at radius 1 is 0.556 bits per heavy atom. The number of hydrogen-bond donors (Lipinski definition) is 0. The minimum Gasteiger partial charge on any atom is -0.427 e. The topological polar surface area (TPSA) is 138 Å². The van der Waals surface area contributed by atoms with Crippen LogP contribution >= 0.6 is 0 Å². The Kier molecular flexibility index (Phi) is 23.5. The SMILES string of the molecule is [Cu+2].[O-][I+2]([O-])[O-].[O-][I+2]([O-])[O-]. The van der Waals surface area contributed by atoms with Crippen molar-refractivity contribution >= 4 is 0 Å². The zero-order valence-electron chi connectivity index (χ0n) is 3.51. The molecule has 0 fully saturated rings. The molecular formula is CuI2O6. The van der Waals surface area contributed by atoms with Crippen molar-refractivity contribution in [1.82, 2.24) is 0 Å². The normalized spacial score (nSPS) is 8.00. The van der Waals surface area contributed by atoms with E-state index in [1.165, 1.54) is 0 Å². The minimum absolute atomic E-state index is 0. The molecule has 0 aromatic heterocycles. The van der Waals surface area contributed by atoms with E-state index in [9.17, 15) is 0 Å². The third-order valence-corrected chi connectivity index (χ3v) is 0. The fourth-order valence-electron chi connectivity index (χ4n) is 0. The third kappa shape index (κ3) is 193. The van der Waals surface area contributed by atoms with E-state index in [1.807, 2.05) is 0 Å². The molecule has 0 amide bonds. The molecule has 0 bridgehead atoms. The molecule has 0 N–H and O–H groups in total. The van der Waals surface area contributed by atoms with E-state index in [1.54, 1.807) is 0 Å². The molecule has 0 unspecified atom stereocenters. The number of rotatable bonds is 0. The van der Waals surface area contributed by atoms with Gasteiger partial charge in [0.15, 0.2) is 0 Å². The molecular weight excluding hydrogens is 413 g/mol. The van der Waals surface area contributed by atoms with Crippen molar-refractivity contribution in [3.63, 3.8) is 0 Å². The summed E-state index contributed by atoms with van der Waals surface area (Å²) in [5.74, 6) is 0. The van der Waals surface area contributed by atoms with Gasteiger partial charge >= 0.3 is 17.1 Å². The summed E-state index contributed by atoms with van der Waals surface area (Å²) in [6.45, 7) is 0. The monoisotopic (exact) mass is 413 g/mol. The number of halogens is 2. The van der Waals surface area contributed by atoms with Crippen molar-refractivity contribution in [2.24, 2.45) is 0 Å². The molecule has 61 valence electrons. The molecule has 0 saturated heterocycles. The van der Waals surface area contributed by atoms with Gasteiger partial charge in [-0.05, 0) is 0 Å². The summed E-state index contributed by atoms with van der Waals surface area (Å²) < 4.78 is 51.4. The van der Waals surface area contributed by atoms with Crippen LogP contribution in [0.25, 0.3) is 0 Å². The van der Waals surface area contributed by atoms with Gasteiger partial charge in [0.1, 0.15) is 0 Å². The third-order valence-electron chi connectivity index (χ3n) is 0. The maximum Gasteiger partial charge on any atom is 2.00 e. The van der Waals surface area contributed by atoms with Crippen LogP contribution in [0, 0.1) is 0 Å². The summed E-state index contributed by atoms with van der Waals surface area (Å²) in [5.41, 5.74) is 0. The van der Waals surface area contributed by atoms with Crippen LogP contribution < -0.4 is 62.7 Å². The van der Waals surface area contributed by atoms with Gasteiger partial charge in [-0.2, -0.15) is 0 Å². The summed E-state index contributed by atoms with van der Waals surface area (Å²) in [5, 5.41) is 0. The molecule has 9 heavy (non-hydrogen) atoms. The maximum absolute atomic E-state index is 8.57. The molecule has 0 atom stereocenters. The van der Waals surface area contributed by atoms with E-state index in [-0.39, 0.29) is 17.1 Å². The molecule has 9 heteroatoms. The molecule has 0 aliphatic heterocycles. The van der Waals surface area contributed by atoms with Crippen molar-refractivity contribution in [2.45, 2.75) is 0 Å². The molecule has 0 aliphatic carbocycles. The van der Waals surface area contributed by atoms with Gasteiger partial charge in [-0.3, -0.25) is 0 Å². The first kappa shape index (κ1) is 17.0. The van der Waals surface area contributed by atoms with Gasteiger partial charge in [-0.25, -0.2) is 0 Å². The minimum atomic E-state index is -4.01. The second kappa shape index (κ2) is 12.4. The molecule has 0 aromatic carbocycles. The van der Waals surface area contributed by atoms with Crippen LogP contribution in [0.3, 0.4) is 0 Å². The second-order valence-corrected chi connectivity index (χ2v) is 2.54. The summed E-state index contributed by atoms with van der Waals surface area (Å²) >= 11 is -8.03. The zero-order chi connectivity index (χ0) is 7.15. The van der Waals surface area contributed by atoms with E-state index in [0.29, 0.717) is 0 Å². The molecule has 0 spiro atoms. The van der Waals surface area contributed by atoms with E-state index >= 15 is 0 Å². The van der Waals surface area contributed by atoms with Crippen molar-refractivity contribution in [3.05, 3.63) is 0 Å². The predicted octanol–water partition coefficient (Wildman–Crippen LogP) is -13.1. The summed E-state index contributed by atoms with van der Waals surface area (Å²) in [6.07, 6.45) is 0. The summed E-state index contributed by atoms with van der Waals surface area (Å²) in [4.78, 5) is 0. The van der Waals surface area contributed by atoms with Crippen LogP contribution in [0.2, 0.25) is 0 Å². The van der Waals surface area contributed by atoms with E-state index in [0.717, 1.165) is 0 Å². The standard InChI is InChI=1S/Cu.2IO3/c;2*2-1(3)4/q+2;2*-1. The van der Waals surface area contributed by atoms with E-state index in [2.05, 4.69) is 0 Å². The Labute approximate surface area is 79.1 Å².